The highest BCUT2D eigenvalue weighted by Crippen LogP contribution is 2.16. The third-order valence-electron chi connectivity index (χ3n) is 3.30. The zero-order valence-corrected chi connectivity index (χ0v) is 13.0. The standard InChI is InChI=1S/C18H21NO3/c1-3-4-5-13-22-15-11-9-14(10-12-15)18(20)16-7-6-8-17(19-16)21-2/h6-12H,3-5,13H2,1-2H3. The molecule has 0 saturated carbocycles. The molecule has 0 atom stereocenters. The van der Waals surface area contributed by atoms with E-state index in [9.17, 15) is 4.79 Å². The van der Waals surface area contributed by atoms with Gasteiger partial charge in [0.2, 0.25) is 11.7 Å². The molecule has 1 heterocycles. The summed E-state index contributed by atoms with van der Waals surface area (Å²) in [4.78, 5) is 16.5. The van der Waals surface area contributed by atoms with E-state index in [1.165, 1.54) is 13.5 Å². The molecule has 0 radical (unpaired) electrons. The van der Waals surface area contributed by atoms with Gasteiger partial charge in [0.15, 0.2) is 0 Å². The van der Waals surface area contributed by atoms with Crippen LogP contribution in [0, 0.1) is 0 Å². The van der Waals surface area contributed by atoms with Crippen molar-refractivity contribution < 1.29 is 14.3 Å². The smallest absolute Gasteiger partial charge is 0.213 e. The Morgan fingerprint density at radius 3 is 2.55 bits per heavy atom. The van der Waals surface area contributed by atoms with Gasteiger partial charge in [-0.1, -0.05) is 25.8 Å². The van der Waals surface area contributed by atoms with E-state index < -0.39 is 0 Å². The molecule has 0 bridgehead atoms. The zero-order valence-electron chi connectivity index (χ0n) is 13.0. The average Bonchev–Trinajstić information content (AvgIpc) is 2.59. The Hall–Kier alpha value is -2.36. The Morgan fingerprint density at radius 2 is 1.86 bits per heavy atom. The molecule has 0 fully saturated rings. The molecule has 0 spiro atoms. The van der Waals surface area contributed by atoms with Crippen molar-refractivity contribution in [3.63, 3.8) is 0 Å². The molecule has 4 nitrogen and oxygen atoms in total. The van der Waals surface area contributed by atoms with Crippen molar-refractivity contribution in [2.24, 2.45) is 0 Å². The monoisotopic (exact) mass is 299 g/mol. The molecular weight excluding hydrogens is 278 g/mol. The summed E-state index contributed by atoms with van der Waals surface area (Å²) in [5.74, 6) is 1.09. The normalized spacial score (nSPS) is 10.3. The Labute approximate surface area is 131 Å². The van der Waals surface area contributed by atoms with E-state index >= 15 is 0 Å². The molecule has 116 valence electrons. The van der Waals surface area contributed by atoms with Crippen LogP contribution in [-0.4, -0.2) is 24.5 Å². The predicted molar refractivity (Wildman–Crippen MR) is 85.7 cm³/mol. The number of carbonyl (C=O) groups excluding carboxylic acids is 1. The van der Waals surface area contributed by atoms with Gasteiger partial charge in [-0.25, -0.2) is 4.98 Å². The van der Waals surface area contributed by atoms with E-state index in [-0.39, 0.29) is 5.78 Å². The van der Waals surface area contributed by atoms with Crippen molar-refractivity contribution >= 4 is 5.78 Å². The van der Waals surface area contributed by atoms with E-state index in [0.717, 1.165) is 18.6 Å². The van der Waals surface area contributed by atoms with Crippen molar-refractivity contribution in [2.45, 2.75) is 26.2 Å². The van der Waals surface area contributed by atoms with Crippen LogP contribution in [0.25, 0.3) is 0 Å². The fraction of sp³-hybridized carbons (Fsp3) is 0.333. The maximum atomic E-state index is 12.4. The molecule has 0 unspecified atom stereocenters. The molecule has 2 aromatic rings. The van der Waals surface area contributed by atoms with Gasteiger partial charge in [-0.05, 0) is 36.8 Å². The van der Waals surface area contributed by atoms with Gasteiger partial charge in [0.1, 0.15) is 11.4 Å². The lowest BCUT2D eigenvalue weighted by Gasteiger charge is -2.07. The van der Waals surface area contributed by atoms with Gasteiger partial charge in [-0.15, -0.1) is 0 Å². The number of nitrogens with zero attached hydrogens (tertiary/aromatic N) is 1. The van der Waals surface area contributed by atoms with Gasteiger partial charge in [-0.3, -0.25) is 4.79 Å². The summed E-state index contributed by atoms with van der Waals surface area (Å²) in [6.45, 7) is 2.87. The molecule has 0 amide bonds. The summed E-state index contributed by atoms with van der Waals surface area (Å²) in [5, 5.41) is 0. The van der Waals surface area contributed by atoms with Gasteiger partial charge in [-0.2, -0.15) is 0 Å². The molecule has 4 heteroatoms. The highest BCUT2D eigenvalue weighted by atomic mass is 16.5. The van der Waals surface area contributed by atoms with Crippen LogP contribution in [0.15, 0.2) is 42.5 Å². The maximum Gasteiger partial charge on any atom is 0.213 e. The third-order valence-corrected chi connectivity index (χ3v) is 3.30. The van der Waals surface area contributed by atoms with Crippen LogP contribution in [0.5, 0.6) is 11.6 Å². The van der Waals surface area contributed by atoms with Crippen LogP contribution in [0.1, 0.15) is 42.2 Å². The molecule has 0 N–H and O–H groups in total. The Kier molecular flexibility index (Phi) is 5.95. The molecular formula is C18H21NO3. The van der Waals surface area contributed by atoms with Crippen molar-refractivity contribution in [3.05, 3.63) is 53.7 Å². The van der Waals surface area contributed by atoms with Gasteiger partial charge in [0.05, 0.1) is 13.7 Å². The highest BCUT2D eigenvalue weighted by molar-refractivity contribution is 6.07. The molecule has 2 rings (SSSR count). The van der Waals surface area contributed by atoms with Gasteiger partial charge >= 0.3 is 0 Å². The molecule has 1 aromatic heterocycles. The van der Waals surface area contributed by atoms with Gasteiger partial charge < -0.3 is 9.47 Å². The van der Waals surface area contributed by atoms with Crippen LogP contribution in [0.3, 0.4) is 0 Å². The molecule has 0 saturated heterocycles. The minimum Gasteiger partial charge on any atom is -0.494 e. The number of methoxy groups -OCH3 is 1. The summed E-state index contributed by atoms with van der Waals surface area (Å²) in [6, 6.07) is 12.3. The Morgan fingerprint density at radius 1 is 1.09 bits per heavy atom. The second kappa shape index (κ2) is 8.17. The number of aromatic nitrogens is 1. The molecule has 0 aliphatic carbocycles. The molecule has 0 aliphatic heterocycles. The minimum absolute atomic E-state index is 0.128. The number of hydrogen-bond acceptors (Lipinski definition) is 4. The number of pyridine rings is 1. The first-order valence-electron chi connectivity index (χ1n) is 7.53. The van der Waals surface area contributed by atoms with Crippen molar-refractivity contribution in [2.75, 3.05) is 13.7 Å². The lowest BCUT2D eigenvalue weighted by molar-refractivity contribution is 0.103. The summed E-state index contributed by atoms with van der Waals surface area (Å²) in [7, 11) is 1.53. The first-order chi connectivity index (χ1) is 10.7. The second-order valence-electron chi connectivity index (χ2n) is 4.97. The number of carbonyl (C=O) groups is 1. The fourth-order valence-electron chi connectivity index (χ4n) is 2.05. The van der Waals surface area contributed by atoms with Crippen molar-refractivity contribution in [3.8, 4) is 11.6 Å². The van der Waals surface area contributed by atoms with E-state index in [2.05, 4.69) is 11.9 Å². The summed E-state index contributed by atoms with van der Waals surface area (Å²) in [6.07, 6.45) is 3.38. The Balaban J connectivity index is 2.01. The van der Waals surface area contributed by atoms with Gasteiger partial charge in [0, 0.05) is 11.6 Å². The van der Waals surface area contributed by atoms with Crippen LogP contribution < -0.4 is 9.47 Å². The number of hydrogen-bond donors (Lipinski definition) is 0. The number of rotatable bonds is 8. The zero-order chi connectivity index (χ0) is 15.8. The van der Waals surface area contributed by atoms with Gasteiger partial charge in [0.25, 0.3) is 0 Å². The summed E-state index contributed by atoms with van der Waals surface area (Å²) in [5.41, 5.74) is 0.956. The minimum atomic E-state index is -0.128. The van der Waals surface area contributed by atoms with Crippen LogP contribution in [0.4, 0.5) is 0 Å². The number of ketones is 1. The fourth-order valence-corrected chi connectivity index (χ4v) is 2.05. The van der Waals surface area contributed by atoms with Crippen LogP contribution in [-0.2, 0) is 0 Å². The quantitative estimate of drug-likeness (QED) is 0.548. The number of benzene rings is 1. The number of unbranched alkanes of at least 4 members (excludes halogenated alkanes) is 2. The first kappa shape index (κ1) is 16.0. The summed E-state index contributed by atoms with van der Waals surface area (Å²) >= 11 is 0. The predicted octanol–water partition coefficient (Wildman–Crippen LogP) is 3.89. The van der Waals surface area contributed by atoms with E-state index in [1.807, 2.05) is 12.1 Å². The molecule has 1 aromatic carbocycles. The topological polar surface area (TPSA) is 48.4 Å². The van der Waals surface area contributed by atoms with E-state index in [1.54, 1.807) is 30.3 Å². The average molecular weight is 299 g/mol. The second-order valence-corrected chi connectivity index (χ2v) is 4.97. The Bertz CT molecular complexity index is 608. The maximum absolute atomic E-state index is 12.4. The first-order valence-corrected chi connectivity index (χ1v) is 7.53. The molecule has 0 aliphatic rings. The molecule has 22 heavy (non-hydrogen) atoms. The SMILES string of the molecule is CCCCCOc1ccc(C(=O)c2cccc(OC)n2)cc1. The van der Waals surface area contributed by atoms with Crippen LogP contribution >= 0.6 is 0 Å². The van der Waals surface area contributed by atoms with Crippen molar-refractivity contribution in [1.82, 2.24) is 4.98 Å². The number of ether oxygens (including phenoxy) is 2. The summed E-state index contributed by atoms with van der Waals surface area (Å²) < 4.78 is 10.7. The lowest BCUT2D eigenvalue weighted by Crippen LogP contribution is -2.05. The third kappa shape index (κ3) is 4.32. The largest absolute Gasteiger partial charge is 0.494 e. The highest BCUT2D eigenvalue weighted by Gasteiger charge is 2.11. The van der Waals surface area contributed by atoms with Crippen LogP contribution in [0.2, 0.25) is 0 Å². The lowest BCUT2D eigenvalue weighted by atomic mass is 10.1. The van der Waals surface area contributed by atoms with E-state index in [4.69, 9.17) is 9.47 Å². The van der Waals surface area contributed by atoms with Crippen molar-refractivity contribution in [1.29, 1.82) is 0 Å². The van der Waals surface area contributed by atoms with E-state index in [0.29, 0.717) is 23.7 Å².